The summed E-state index contributed by atoms with van der Waals surface area (Å²) in [5, 5.41) is 19.8. The van der Waals surface area contributed by atoms with Crippen LogP contribution in [0.2, 0.25) is 5.02 Å². The van der Waals surface area contributed by atoms with E-state index < -0.39 is 5.60 Å². The van der Waals surface area contributed by atoms with Crippen molar-refractivity contribution in [3.63, 3.8) is 0 Å². The number of rotatable bonds is 4. The lowest BCUT2D eigenvalue weighted by molar-refractivity contribution is 0.0496. The van der Waals surface area contributed by atoms with Crippen molar-refractivity contribution in [2.24, 2.45) is 0 Å². The van der Waals surface area contributed by atoms with Gasteiger partial charge in [-0.25, -0.2) is 9.67 Å². The largest absolute Gasteiger partial charge is 0.377 e. The van der Waals surface area contributed by atoms with Gasteiger partial charge in [0.25, 0.3) is 0 Å². The molecule has 7 heteroatoms. The van der Waals surface area contributed by atoms with Crippen LogP contribution in [0.15, 0.2) is 47.5 Å². The molecule has 108 valence electrons. The van der Waals surface area contributed by atoms with Crippen LogP contribution in [-0.2, 0) is 12.1 Å². The molecule has 0 aliphatic rings. The van der Waals surface area contributed by atoms with Crippen molar-refractivity contribution < 1.29 is 9.63 Å². The average Bonchev–Trinajstić information content (AvgIpc) is 3.11. The maximum atomic E-state index is 11.2. The smallest absolute Gasteiger partial charge is 0.154 e. The summed E-state index contributed by atoms with van der Waals surface area (Å²) in [7, 11) is 0. The van der Waals surface area contributed by atoms with Crippen molar-refractivity contribution in [1.29, 1.82) is 0 Å². The van der Waals surface area contributed by atoms with Gasteiger partial charge in [0.2, 0.25) is 0 Å². The van der Waals surface area contributed by atoms with E-state index in [0.29, 0.717) is 22.0 Å². The van der Waals surface area contributed by atoms with Crippen LogP contribution in [0.4, 0.5) is 0 Å². The maximum absolute atomic E-state index is 11.2. The Labute approximate surface area is 126 Å². The Kier molecular flexibility index (Phi) is 3.48. The molecule has 0 bridgehead atoms. The molecule has 0 fully saturated rings. The third-order valence-electron chi connectivity index (χ3n) is 3.23. The van der Waals surface area contributed by atoms with Crippen LogP contribution in [-0.4, -0.2) is 25.0 Å². The second kappa shape index (κ2) is 5.31. The predicted octanol–water partition coefficient (Wildman–Crippen LogP) is 2.16. The van der Waals surface area contributed by atoms with E-state index in [1.165, 1.54) is 12.7 Å². The Bertz CT molecular complexity index is 724. The summed E-state index contributed by atoms with van der Waals surface area (Å²) in [5.74, 6) is 0.621. The van der Waals surface area contributed by atoms with Gasteiger partial charge in [0, 0.05) is 11.1 Å². The summed E-state index contributed by atoms with van der Waals surface area (Å²) in [4.78, 5) is 3.89. The zero-order valence-electron chi connectivity index (χ0n) is 11.3. The Morgan fingerprint density at radius 2 is 2.10 bits per heavy atom. The first-order valence-corrected chi connectivity index (χ1v) is 6.70. The minimum Gasteiger partial charge on any atom is -0.377 e. The summed E-state index contributed by atoms with van der Waals surface area (Å²) < 4.78 is 6.63. The Balaban J connectivity index is 2.07. The van der Waals surface area contributed by atoms with E-state index in [0.717, 1.165) is 0 Å². The number of aliphatic hydroxyl groups is 1. The average molecular weight is 305 g/mol. The zero-order chi connectivity index (χ0) is 14.9. The van der Waals surface area contributed by atoms with Crippen molar-refractivity contribution in [2.75, 3.05) is 0 Å². The molecule has 6 nitrogen and oxygen atoms in total. The lowest BCUT2D eigenvalue weighted by Gasteiger charge is -2.26. The normalized spacial score (nSPS) is 14.0. The second-order valence-electron chi connectivity index (χ2n) is 4.78. The number of aryl methyl sites for hydroxylation is 1. The molecule has 0 radical (unpaired) electrons. The topological polar surface area (TPSA) is 77.0 Å². The van der Waals surface area contributed by atoms with Gasteiger partial charge in [-0.15, -0.1) is 0 Å². The fraction of sp³-hybridized carbons (Fsp3) is 0.214. The SMILES string of the molecule is Cc1cc(C(O)(Cn2cncn2)c2ccc(Cl)cc2)no1. The molecule has 0 spiro atoms. The first-order chi connectivity index (χ1) is 10.1. The molecule has 3 rings (SSSR count). The third kappa shape index (κ3) is 2.68. The number of halogens is 1. The third-order valence-corrected chi connectivity index (χ3v) is 3.48. The molecule has 0 aliphatic carbocycles. The number of hydrogen-bond donors (Lipinski definition) is 1. The lowest BCUT2D eigenvalue weighted by Crippen LogP contribution is -2.33. The van der Waals surface area contributed by atoms with Gasteiger partial charge in [0.05, 0.1) is 6.54 Å². The van der Waals surface area contributed by atoms with E-state index in [4.69, 9.17) is 16.1 Å². The molecule has 2 heterocycles. The van der Waals surface area contributed by atoms with Gasteiger partial charge in [0.15, 0.2) is 5.60 Å². The molecular formula is C14H13ClN4O2. The van der Waals surface area contributed by atoms with Gasteiger partial charge in [-0.2, -0.15) is 5.10 Å². The van der Waals surface area contributed by atoms with Crippen LogP contribution in [0.5, 0.6) is 0 Å². The van der Waals surface area contributed by atoms with Crippen molar-refractivity contribution in [3.05, 3.63) is 65.0 Å². The minimum atomic E-state index is -1.38. The number of aromatic nitrogens is 4. The molecular weight excluding hydrogens is 292 g/mol. The Hall–Kier alpha value is -2.18. The van der Waals surface area contributed by atoms with Gasteiger partial charge >= 0.3 is 0 Å². The lowest BCUT2D eigenvalue weighted by atomic mass is 9.90. The second-order valence-corrected chi connectivity index (χ2v) is 5.22. The number of hydrogen-bond acceptors (Lipinski definition) is 5. The molecule has 2 aromatic heterocycles. The minimum absolute atomic E-state index is 0.167. The van der Waals surface area contributed by atoms with Crippen LogP contribution in [0.25, 0.3) is 0 Å². The van der Waals surface area contributed by atoms with Crippen LogP contribution in [0, 0.1) is 6.92 Å². The first kappa shape index (κ1) is 13.8. The van der Waals surface area contributed by atoms with Crippen LogP contribution in [0.1, 0.15) is 17.0 Å². The van der Waals surface area contributed by atoms with E-state index in [-0.39, 0.29) is 6.54 Å². The zero-order valence-corrected chi connectivity index (χ0v) is 12.0. The summed E-state index contributed by atoms with van der Waals surface area (Å²) in [5.41, 5.74) is -0.315. The molecule has 0 saturated heterocycles. The van der Waals surface area contributed by atoms with E-state index >= 15 is 0 Å². The van der Waals surface area contributed by atoms with E-state index in [1.54, 1.807) is 41.9 Å². The highest BCUT2D eigenvalue weighted by molar-refractivity contribution is 6.30. The first-order valence-electron chi connectivity index (χ1n) is 6.32. The van der Waals surface area contributed by atoms with Crippen molar-refractivity contribution in [2.45, 2.75) is 19.1 Å². The summed E-state index contributed by atoms with van der Waals surface area (Å²) in [6.07, 6.45) is 2.95. The summed E-state index contributed by atoms with van der Waals surface area (Å²) in [6.45, 7) is 1.94. The van der Waals surface area contributed by atoms with Crippen LogP contribution >= 0.6 is 11.6 Å². The van der Waals surface area contributed by atoms with Gasteiger partial charge in [-0.3, -0.25) is 0 Å². The van der Waals surface area contributed by atoms with E-state index in [2.05, 4.69) is 15.2 Å². The fourth-order valence-electron chi connectivity index (χ4n) is 2.16. The van der Waals surface area contributed by atoms with Crippen molar-refractivity contribution in [3.8, 4) is 0 Å². The fourth-order valence-corrected chi connectivity index (χ4v) is 2.28. The molecule has 3 aromatic rings. The van der Waals surface area contributed by atoms with E-state index in [1.807, 2.05) is 0 Å². The van der Waals surface area contributed by atoms with E-state index in [9.17, 15) is 5.11 Å². The highest BCUT2D eigenvalue weighted by atomic mass is 35.5. The molecule has 0 aliphatic heterocycles. The summed E-state index contributed by atoms with van der Waals surface area (Å²) in [6, 6.07) is 8.64. The van der Waals surface area contributed by atoms with Gasteiger partial charge < -0.3 is 9.63 Å². The van der Waals surface area contributed by atoms with Crippen molar-refractivity contribution in [1.82, 2.24) is 19.9 Å². The van der Waals surface area contributed by atoms with Gasteiger partial charge in [-0.1, -0.05) is 28.9 Å². The molecule has 1 N–H and O–H groups in total. The van der Waals surface area contributed by atoms with Crippen LogP contribution < -0.4 is 0 Å². The molecule has 1 aromatic carbocycles. The molecule has 0 saturated carbocycles. The molecule has 1 unspecified atom stereocenters. The summed E-state index contributed by atoms with van der Waals surface area (Å²) >= 11 is 5.91. The number of nitrogens with zero attached hydrogens (tertiary/aromatic N) is 4. The molecule has 1 atom stereocenters. The standard InChI is InChI=1S/C14H13ClN4O2/c1-10-6-13(18-21-10)14(20,7-19-9-16-8-17-19)11-2-4-12(15)5-3-11/h2-6,8-9,20H,7H2,1H3. The van der Waals surface area contributed by atoms with Crippen LogP contribution in [0.3, 0.4) is 0 Å². The highest BCUT2D eigenvalue weighted by Gasteiger charge is 2.36. The molecule has 0 amide bonds. The highest BCUT2D eigenvalue weighted by Crippen LogP contribution is 2.31. The monoisotopic (exact) mass is 304 g/mol. The van der Waals surface area contributed by atoms with Crippen molar-refractivity contribution >= 4 is 11.6 Å². The quantitative estimate of drug-likeness (QED) is 0.799. The maximum Gasteiger partial charge on any atom is 0.154 e. The predicted molar refractivity (Wildman–Crippen MR) is 75.7 cm³/mol. The molecule has 21 heavy (non-hydrogen) atoms. The Morgan fingerprint density at radius 1 is 1.33 bits per heavy atom. The Morgan fingerprint density at radius 3 is 2.67 bits per heavy atom. The van der Waals surface area contributed by atoms with Gasteiger partial charge in [0.1, 0.15) is 24.1 Å². The number of benzene rings is 1. The van der Waals surface area contributed by atoms with Gasteiger partial charge in [-0.05, 0) is 24.6 Å².